The molecular formula is C23H23N3O4. The fourth-order valence-electron chi connectivity index (χ4n) is 3.55. The van der Waals surface area contributed by atoms with Crippen molar-refractivity contribution in [3.8, 4) is 11.1 Å². The van der Waals surface area contributed by atoms with Crippen molar-refractivity contribution in [3.63, 3.8) is 0 Å². The highest BCUT2D eigenvalue weighted by Crippen LogP contribution is 2.25. The summed E-state index contributed by atoms with van der Waals surface area (Å²) in [6, 6.07) is 14.0. The number of aromatic carboxylic acids is 1. The zero-order valence-electron chi connectivity index (χ0n) is 16.4. The summed E-state index contributed by atoms with van der Waals surface area (Å²) in [4.78, 5) is 27.9. The quantitative estimate of drug-likeness (QED) is 0.592. The van der Waals surface area contributed by atoms with Crippen LogP contribution in [0.5, 0.6) is 0 Å². The van der Waals surface area contributed by atoms with E-state index in [2.05, 4.69) is 15.6 Å². The van der Waals surface area contributed by atoms with E-state index < -0.39 is 5.97 Å². The molecule has 0 aliphatic carbocycles. The second-order valence-electron chi connectivity index (χ2n) is 7.41. The zero-order valence-corrected chi connectivity index (χ0v) is 16.4. The van der Waals surface area contributed by atoms with E-state index in [4.69, 9.17) is 4.74 Å². The molecule has 154 valence electrons. The Bertz CT molecular complexity index is 1080. The molecule has 1 fully saturated rings. The maximum absolute atomic E-state index is 12.2. The second kappa shape index (κ2) is 8.92. The number of nitrogens with one attached hydrogen (secondary N) is 2. The molecule has 0 unspecified atom stereocenters. The minimum absolute atomic E-state index is 0.233. The first kappa shape index (κ1) is 19.8. The molecule has 3 N–H and O–H groups in total. The van der Waals surface area contributed by atoms with Gasteiger partial charge < -0.3 is 20.5 Å². The molecule has 0 atom stereocenters. The summed E-state index contributed by atoms with van der Waals surface area (Å²) in [5, 5.41) is 15.9. The van der Waals surface area contributed by atoms with Crippen LogP contribution in [0.4, 0.5) is 10.5 Å². The van der Waals surface area contributed by atoms with Gasteiger partial charge in [-0.05, 0) is 54.7 Å². The summed E-state index contributed by atoms with van der Waals surface area (Å²) in [7, 11) is 0. The van der Waals surface area contributed by atoms with E-state index in [0.29, 0.717) is 18.2 Å². The Kier molecular flexibility index (Phi) is 5.90. The van der Waals surface area contributed by atoms with Gasteiger partial charge in [-0.1, -0.05) is 18.2 Å². The molecule has 0 spiro atoms. The van der Waals surface area contributed by atoms with Crippen LogP contribution in [0.2, 0.25) is 0 Å². The molecule has 3 aromatic rings. The molecule has 7 heteroatoms. The van der Waals surface area contributed by atoms with Gasteiger partial charge in [0.15, 0.2) is 0 Å². The number of benzene rings is 2. The first-order valence-corrected chi connectivity index (χ1v) is 9.94. The highest BCUT2D eigenvalue weighted by molar-refractivity contribution is 5.94. The lowest BCUT2D eigenvalue weighted by atomic mass is 10.0. The van der Waals surface area contributed by atoms with Crippen LogP contribution in [0, 0.1) is 5.92 Å². The van der Waals surface area contributed by atoms with Gasteiger partial charge in [0, 0.05) is 42.6 Å². The van der Waals surface area contributed by atoms with E-state index in [0.717, 1.165) is 48.1 Å². The molecule has 1 saturated heterocycles. The van der Waals surface area contributed by atoms with Crippen LogP contribution in [0.1, 0.15) is 23.2 Å². The predicted molar refractivity (Wildman–Crippen MR) is 115 cm³/mol. The minimum atomic E-state index is -0.962. The van der Waals surface area contributed by atoms with Gasteiger partial charge >= 0.3 is 12.0 Å². The predicted octanol–water partition coefficient (Wildman–Crippen LogP) is 4.15. The number of anilines is 1. The Balaban J connectivity index is 1.44. The van der Waals surface area contributed by atoms with Gasteiger partial charge in [-0.3, -0.25) is 4.98 Å². The van der Waals surface area contributed by atoms with Crippen LogP contribution in [-0.2, 0) is 4.74 Å². The standard InChI is InChI=1S/C23H23N3O4/c27-22(28)18-3-1-2-16(10-18)19-11-17-4-5-20(12-21(17)24-14-19)26-23(29)25-13-15-6-8-30-9-7-15/h1-5,10-12,14-15H,6-9,13H2,(H,27,28)(H2,25,26,29). The number of fused-ring (bicyclic) bond motifs is 1. The van der Waals surface area contributed by atoms with Crippen molar-refractivity contribution < 1.29 is 19.4 Å². The minimum Gasteiger partial charge on any atom is -0.478 e. The molecule has 1 aliphatic rings. The third kappa shape index (κ3) is 4.75. The Labute approximate surface area is 174 Å². The number of nitrogens with zero attached hydrogens (tertiary/aromatic N) is 1. The van der Waals surface area contributed by atoms with Gasteiger partial charge in [-0.2, -0.15) is 0 Å². The average Bonchev–Trinajstić information content (AvgIpc) is 2.78. The number of hydrogen-bond donors (Lipinski definition) is 3. The SMILES string of the molecule is O=C(NCC1CCOCC1)Nc1ccc2cc(-c3cccc(C(=O)O)c3)cnc2c1. The molecular weight excluding hydrogens is 382 g/mol. The number of carbonyl (C=O) groups is 2. The third-order valence-electron chi connectivity index (χ3n) is 5.28. The van der Waals surface area contributed by atoms with E-state index in [1.54, 1.807) is 24.4 Å². The molecule has 0 radical (unpaired) electrons. The van der Waals surface area contributed by atoms with Crippen molar-refractivity contribution in [2.45, 2.75) is 12.8 Å². The lowest BCUT2D eigenvalue weighted by Crippen LogP contribution is -2.35. The third-order valence-corrected chi connectivity index (χ3v) is 5.28. The largest absolute Gasteiger partial charge is 0.478 e. The van der Waals surface area contributed by atoms with Crippen LogP contribution in [0.3, 0.4) is 0 Å². The maximum atomic E-state index is 12.2. The summed E-state index contributed by atoms with van der Waals surface area (Å²) in [6.07, 6.45) is 3.65. The number of pyridine rings is 1. The van der Waals surface area contributed by atoms with Crippen LogP contribution in [0.15, 0.2) is 54.7 Å². The van der Waals surface area contributed by atoms with E-state index in [1.165, 1.54) is 0 Å². The van der Waals surface area contributed by atoms with Crippen LogP contribution in [-0.4, -0.2) is 41.8 Å². The summed E-state index contributed by atoms with van der Waals surface area (Å²) < 4.78 is 5.33. The van der Waals surface area contributed by atoms with Crippen molar-refractivity contribution in [3.05, 3.63) is 60.3 Å². The average molecular weight is 405 g/mol. The molecule has 1 aliphatic heterocycles. The second-order valence-corrected chi connectivity index (χ2v) is 7.41. The monoisotopic (exact) mass is 405 g/mol. The van der Waals surface area contributed by atoms with E-state index in [9.17, 15) is 14.7 Å². The molecule has 4 rings (SSSR count). The van der Waals surface area contributed by atoms with Gasteiger partial charge in [-0.15, -0.1) is 0 Å². The first-order valence-electron chi connectivity index (χ1n) is 9.94. The number of urea groups is 1. The molecule has 2 aromatic carbocycles. The Morgan fingerprint density at radius 2 is 1.90 bits per heavy atom. The summed E-state index contributed by atoms with van der Waals surface area (Å²) in [6.45, 7) is 2.15. The normalized spacial score (nSPS) is 14.4. The maximum Gasteiger partial charge on any atom is 0.335 e. The number of amides is 2. The molecule has 1 aromatic heterocycles. The molecule has 7 nitrogen and oxygen atoms in total. The van der Waals surface area contributed by atoms with Crippen molar-refractivity contribution in [2.75, 3.05) is 25.1 Å². The number of aromatic nitrogens is 1. The number of rotatable bonds is 5. The fourth-order valence-corrected chi connectivity index (χ4v) is 3.55. The Morgan fingerprint density at radius 3 is 2.70 bits per heavy atom. The van der Waals surface area contributed by atoms with Crippen molar-refractivity contribution in [1.82, 2.24) is 10.3 Å². The van der Waals surface area contributed by atoms with Crippen molar-refractivity contribution in [2.24, 2.45) is 5.92 Å². The van der Waals surface area contributed by atoms with Gasteiger partial charge in [0.05, 0.1) is 11.1 Å². The van der Waals surface area contributed by atoms with Gasteiger partial charge in [0.1, 0.15) is 0 Å². The Morgan fingerprint density at radius 1 is 1.07 bits per heavy atom. The highest BCUT2D eigenvalue weighted by atomic mass is 16.5. The topological polar surface area (TPSA) is 101 Å². The smallest absolute Gasteiger partial charge is 0.335 e. The lowest BCUT2D eigenvalue weighted by molar-refractivity contribution is 0.0670. The summed E-state index contributed by atoms with van der Waals surface area (Å²) in [5.41, 5.74) is 3.27. The number of carboxylic acid groups (broad SMARTS) is 1. The number of carboxylic acids is 1. The van der Waals surface area contributed by atoms with E-state index in [1.807, 2.05) is 30.3 Å². The lowest BCUT2D eigenvalue weighted by Gasteiger charge is -2.22. The molecule has 0 saturated carbocycles. The van der Waals surface area contributed by atoms with Crippen LogP contribution in [0.25, 0.3) is 22.0 Å². The van der Waals surface area contributed by atoms with Crippen molar-refractivity contribution >= 4 is 28.6 Å². The number of hydrogen-bond acceptors (Lipinski definition) is 4. The fraction of sp³-hybridized carbons (Fsp3) is 0.261. The van der Waals surface area contributed by atoms with Crippen LogP contribution < -0.4 is 10.6 Å². The van der Waals surface area contributed by atoms with Crippen molar-refractivity contribution in [1.29, 1.82) is 0 Å². The molecule has 30 heavy (non-hydrogen) atoms. The Hall–Kier alpha value is -3.45. The van der Waals surface area contributed by atoms with Gasteiger partial charge in [0.2, 0.25) is 0 Å². The summed E-state index contributed by atoms with van der Waals surface area (Å²) >= 11 is 0. The zero-order chi connectivity index (χ0) is 20.9. The molecule has 2 heterocycles. The number of carbonyl (C=O) groups excluding carboxylic acids is 1. The number of ether oxygens (including phenoxy) is 1. The first-order chi connectivity index (χ1) is 14.6. The highest BCUT2D eigenvalue weighted by Gasteiger charge is 2.14. The molecule has 2 amide bonds. The summed E-state index contributed by atoms with van der Waals surface area (Å²) in [5.74, 6) is -0.503. The van der Waals surface area contributed by atoms with E-state index >= 15 is 0 Å². The van der Waals surface area contributed by atoms with Gasteiger partial charge in [-0.25, -0.2) is 9.59 Å². The van der Waals surface area contributed by atoms with Gasteiger partial charge in [0.25, 0.3) is 0 Å². The van der Waals surface area contributed by atoms with Crippen LogP contribution >= 0.6 is 0 Å². The molecule has 0 bridgehead atoms. The van der Waals surface area contributed by atoms with E-state index in [-0.39, 0.29) is 11.6 Å².